The molecule has 4 rings (SSSR count). The molecule has 124 valence electrons. The smallest absolute Gasteiger partial charge is 0.119 e. The van der Waals surface area contributed by atoms with Gasteiger partial charge >= 0.3 is 0 Å². The zero-order valence-corrected chi connectivity index (χ0v) is 14.5. The number of hydrogen-bond acceptors (Lipinski definition) is 2. The summed E-state index contributed by atoms with van der Waals surface area (Å²) in [6, 6.07) is 6.67. The molecule has 1 aromatic carbocycles. The van der Waals surface area contributed by atoms with Gasteiger partial charge in [-0.15, -0.1) is 0 Å². The second-order valence-electron chi connectivity index (χ2n) is 7.94. The molecule has 3 aliphatic rings. The molecule has 1 N–H and O–H groups in total. The molecule has 1 fully saturated rings. The highest BCUT2D eigenvalue weighted by molar-refractivity contribution is 5.44. The van der Waals surface area contributed by atoms with E-state index in [0.29, 0.717) is 17.8 Å². The Morgan fingerprint density at radius 1 is 1.35 bits per heavy atom. The third-order valence-corrected chi connectivity index (χ3v) is 6.94. The molecule has 2 nitrogen and oxygen atoms in total. The van der Waals surface area contributed by atoms with Crippen molar-refractivity contribution >= 4 is 0 Å². The van der Waals surface area contributed by atoms with Crippen LogP contribution in [0.1, 0.15) is 56.6 Å². The van der Waals surface area contributed by atoms with Gasteiger partial charge in [-0.3, -0.25) is 0 Å². The minimum Gasteiger partial charge on any atom is -0.497 e. The van der Waals surface area contributed by atoms with Crippen molar-refractivity contribution in [2.75, 3.05) is 7.11 Å². The third-order valence-electron chi connectivity index (χ3n) is 6.94. The predicted octanol–water partition coefficient (Wildman–Crippen LogP) is 4.47. The number of hydrogen-bond donors (Lipinski definition) is 1. The van der Waals surface area contributed by atoms with E-state index < -0.39 is 0 Å². The molecule has 0 aromatic heterocycles. The molecule has 23 heavy (non-hydrogen) atoms. The number of aliphatic hydroxyl groups is 1. The van der Waals surface area contributed by atoms with Gasteiger partial charge in [-0.05, 0) is 66.7 Å². The highest BCUT2D eigenvalue weighted by Crippen LogP contribution is 2.61. The van der Waals surface area contributed by atoms with Crippen molar-refractivity contribution < 1.29 is 9.84 Å². The minimum atomic E-state index is -0.176. The first-order valence-electron chi connectivity index (χ1n) is 9.14. The van der Waals surface area contributed by atoms with Crippen LogP contribution < -0.4 is 4.74 Å². The quantitative estimate of drug-likeness (QED) is 0.817. The van der Waals surface area contributed by atoms with Crippen LogP contribution in [-0.4, -0.2) is 18.3 Å². The average Bonchev–Trinajstić information content (AvgIpc) is 2.88. The fourth-order valence-electron chi connectivity index (χ4n) is 5.71. The summed E-state index contributed by atoms with van der Waals surface area (Å²) in [5.41, 5.74) is 4.59. The number of methoxy groups -OCH3 is 1. The van der Waals surface area contributed by atoms with E-state index in [4.69, 9.17) is 4.74 Å². The summed E-state index contributed by atoms with van der Waals surface area (Å²) >= 11 is 0. The number of benzene rings is 1. The van der Waals surface area contributed by atoms with E-state index in [1.54, 1.807) is 18.2 Å². The summed E-state index contributed by atoms with van der Waals surface area (Å²) in [5, 5.41) is 10.6. The number of aliphatic hydroxyl groups excluding tert-OH is 1. The van der Waals surface area contributed by atoms with Crippen LogP contribution in [0, 0.1) is 17.3 Å². The van der Waals surface area contributed by atoms with Gasteiger partial charge in [-0.1, -0.05) is 38.0 Å². The van der Waals surface area contributed by atoms with Crippen LogP contribution in [0.4, 0.5) is 0 Å². The highest BCUT2D eigenvalue weighted by atomic mass is 16.5. The Balaban J connectivity index is 1.78. The van der Waals surface area contributed by atoms with Gasteiger partial charge < -0.3 is 9.84 Å². The van der Waals surface area contributed by atoms with Crippen molar-refractivity contribution in [2.24, 2.45) is 17.3 Å². The number of aryl methyl sites for hydroxylation is 1. The van der Waals surface area contributed by atoms with Crippen LogP contribution in [0.25, 0.3) is 0 Å². The molecule has 0 amide bonds. The molecule has 0 bridgehead atoms. The first-order valence-corrected chi connectivity index (χ1v) is 9.14. The first-order chi connectivity index (χ1) is 11.1. The van der Waals surface area contributed by atoms with Crippen molar-refractivity contribution in [3.63, 3.8) is 0 Å². The molecule has 5 atom stereocenters. The number of ether oxygens (including phenoxy) is 1. The van der Waals surface area contributed by atoms with Gasteiger partial charge in [0.2, 0.25) is 0 Å². The number of rotatable bonds is 2. The van der Waals surface area contributed by atoms with Crippen LogP contribution >= 0.6 is 0 Å². The standard InChI is InChI=1S/C21H28O2/c1-4-13-12-21(2)18(9-10-19(21)22)17-7-5-14-11-15(23-3)6-8-16(14)20(13)17/h6,8-9,11,13,17,19-20,22H,4-5,7,10,12H2,1-3H3/t13-,17-,19-,20+,21-/m0/s1. The fourth-order valence-corrected chi connectivity index (χ4v) is 5.71. The molecule has 0 spiro atoms. The fraction of sp³-hybridized carbons (Fsp3) is 0.619. The zero-order valence-electron chi connectivity index (χ0n) is 14.5. The van der Waals surface area contributed by atoms with E-state index in [2.05, 4.69) is 38.1 Å². The average molecular weight is 312 g/mol. The second kappa shape index (κ2) is 5.37. The summed E-state index contributed by atoms with van der Waals surface area (Å²) in [6.07, 6.45) is 7.71. The Morgan fingerprint density at radius 2 is 2.17 bits per heavy atom. The monoisotopic (exact) mass is 312 g/mol. The predicted molar refractivity (Wildman–Crippen MR) is 92.8 cm³/mol. The topological polar surface area (TPSA) is 29.5 Å². The van der Waals surface area contributed by atoms with Gasteiger partial charge in [0.25, 0.3) is 0 Å². The minimum absolute atomic E-state index is 0.0197. The molecule has 0 saturated heterocycles. The maximum atomic E-state index is 10.6. The molecule has 0 aliphatic heterocycles. The van der Waals surface area contributed by atoms with Crippen molar-refractivity contribution in [1.82, 2.24) is 0 Å². The van der Waals surface area contributed by atoms with E-state index in [0.717, 1.165) is 25.0 Å². The van der Waals surface area contributed by atoms with Gasteiger partial charge in [-0.25, -0.2) is 0 Å². The summed E-state index contributed by atoms with van der Waals surface area (Å²) < 4.78 is 5.42. The normalized spacial score (nSPS) is 38.3. The van der Waals surface area contributed by atoms with Gasteiger partial charge in [0.15, 0.2) is 0 Å². The second-order valence-corrected chi connectivity index (χ2v) is 7.94. The maximum Gasteiger partial charge on any atom is 0.119 e. The van der Waals surface area contributed by atoms with Crippen LogP contribution in [0.5, 0.6) is 5.75 Å². The molecule has 1 aromatic rings. The highest BCUT2D eigenvalue weighted by Gasteiger charge is 2.53. The molecule has 0 radical (unpaired) electrons. The Hall–Kier alpha value is -1.28. The van der Waals surface area contributed by atoms with Gasteiger partial charge in [0, 0.05) is 5.41 Å². The third kappa shape index (κ3) is 2.11. The van der Waals surface area contributed by atoms with Crippen molar-refractivity contribution in [2.45, 2.75) is 58.0 Å². The summed E-state index contributed by atoms with van der Waals surface area (Å²) in [5.74, 6) is 2.89. The van der Waals surface area contributed by atoms with Crippen LogP contribution in [-0.2, 0) is 6.42 Å². The van der Waals surface area contributed by atoms with E-state index >= 15 is 0 Å². The molecule has 1 saturated carbocycles. The SMILES string of the molecule is CC[C@H]1C[C@@]2(C)C(=CC[C@@H]2O)[C@@H]2CCc3cc(OC)ccc3[C@@H]12. The van der Waals surface area contributed by atoms with E-state index in [9.17, 15) is 5.11 Å². The largest absolute Gasteiger partial charge is 0.497 e. The van der Waals surface area contributed by atoms with E-state index in [1.165, 1.54) is 18.4 Å². The van der Waals surface area contributed by atoms with Crippen molar-refractivity contribution in [1.29, 1.82) is 0 Å². The lowest BCUT2D eigenvalue weighted by Crippen LogP contribution is -2.44. The van der Waals surface area contributed by atoms with Gasteiger partial charge in [-0.2, -0.15) is 0 Å². The molecule has 3 aliphatic carbocycles. The van der Waals surface area contributed by atoms with Crippen molar-refractivity contribution in [3.05, 3.63) is 41.0 Å². The van der Waals surface area contributed by atoms with E-state index in [1.807, 2.05) is 0 Å². The summed E-state index contributed by atoms with van der Waals surface area (Å²) in [7, 11) is 1.75. The Bertz CT molecular complexity index is 647. The summed E-state index contributed by atoms with van der Waals surface area (Å²) in [6.45, 7) is 4.62. The Labute approximate surface area is 139 Å². The Kier molecular flexibility index (Phi) is 3.57. The van der Waals surface area contributed by atoms with Crippen LogP contribution in [0.2, 0.25) is 0 Å². The summed E-state index contributed by atoms with van der Waals surface area (Å²) in [4.78, 5) is 0. The lowest BCUT2D eigenvalue weighted by atomic mass is 9.53. The lowest BCUT2D eigenvalue weighted by Gasteiger charge is -2.51. The van der Waals surface area contributed by atoms with Crippen LogP contribution in [0.15, 0.2) is 29.8 Å². The molecule has 2 heteroatoms. The van der Waals surface area contributed by atoms with E-state index in [-0.39, 0.29) is 11.5 Å². The molecular weight excluding hydrogens is 284 g/mol. The first kappa shape index (κ1) is 15.3. The van der Waals surface area contributed by atoms with Gasteiger partial charge in [0.1, 0.15) is 5.75 Å². The molecule has 0 heterocycles. The van der Waals surface area contributed by atoms with Gasteiger partial charge in [0.05, 0.1) is 13.2 Å². The lowest BCUT2D eigenvalue weighted by molar-refractivity contribution is 0.0241. The van der Waals surface area contributed by atoms with Crippen molar-refractivity contribution in [3.8, 4) is 5.75 Å². The molecule has 0 unspecified atom stereocenters. The van der Waals surface area contributed by atoms with Crippen LogP contribution in [0.3, 0.4) is 0 Å². The molecular formula is C21H28O2. The zero-order chi connectivity index (χ0) is 16.2. The number of fused-ring (bicyclic) bond motifs is 5. The maximum absolute atomic E-state index is 10.6. The Morgan fingerprint density at radius 3 is 2.91 bits per heavy atom.